The summed E-state index contributed by atoms with van der Waals surface area (Å²) in [5.41, 5.74) is 2.18. The maximum absolute atomic E-state index is 12.1. The van der Waals surface area contributed by atoms with Crippen LogP contribution in [0.25, 0.3) is 0 Å². The van der Waals surface area contributed by atoms with E-state index in [1.807, 2.05) is 24.3 Å². The maximum atomic E-state index is 12.1. The molecule has 6 nitrogen and oxygen atoms in total. The van der Waals surface area contributed by atoms with E-state index in [4.69, 9.17) is 5.11 Å². The van der Waals surface area contributed by atoms with E-state index in [1.165, 1.54) is 17.5 Å². The largest absolute Gasteiger partial charge is 0.477 e. The first-order chi connectivity index (χ1) is 9.65. The Kier molecular flexibility index (Phi) is 2.98. The summed E-state index contributed by atoms with van der Waals surface area (Å²) in [6, 6.07) is 8.01. The minimum atomic E-state index is -1.19. The molecule has 0 spiro atoms. The lowest BCUT2D eigenvalue weighted by molar-refractivity contribution is 0.0684. The minimum Gasteiger partial charge on any atom is -0.477 e. The third-order valence-electron chi connectivity index (χ3n) is 3.45. The molecule has 0 atom stereocenters. The van der Waals surface area contributed by atoms with Gasteiger partial charge in [-0.15, -0.1) is 0 Å². The van der Waals surface area contributed by atoms with Crippen molar-refractivity contribution in [3.05, 3.63) is 53.1 Å². The zero-order valence-corrected chi connectivity index (χ0v) is 10.6. The molecule has 0 unspecified atom stereocenters. The van der Waals surface area contributed by atoms with Crippen LogP contribution in [0.2, 0.25) is 0 Å². The number of nitrogens with one attached hydrogen (secondary N) is 2. The van der Waals surface area contributed by atoms with Gasteiger partial charge in [-0.3, -0.25) is 4.79 Å². The number of imidazole rings is 1. The molecule has 3 rings (SSSR count). The van der Waals surface area contributed by atoms with Crippen LogP contribution in [0.3, 0.4) is 0 Å². The van der Waals surface area contributed by atoms with Crippen LogP contribution in [0.15, 0.2) is 30.6 Å². The summed E-state index contributed by atoms with van der Waals surface area (Å²) in [4.78, 5) is 29.3. The van der Waals surface area contributed by atoms with Crippen LogP contribution in [0, 0.1) is 0 Å². The van der Waals surface area contributed by atoms with Crippen LogP contribution in [-0.2, 0) is 12.8 Å². The van der Waals surface area contributed by atoms with Crippen LogP contribution in [0.1, 0.15) is 32.1 Å². The lowest BCUT2D eigenvalue weighted by Gasteiger charge is -2.11. The van der Waals surface area contributed by atoms with Gasteiger partial charge in [0.05, 0.1) is 6.33 Å². The Labute approximate surface area is 114 Å². The summed E-state index contributed by atoms with van der Waals surface area (Å²) in [6.45, 7) is 0. The van der Waals surface area contributed by atoms with E-state index in [2.05, 4.69) is 15.3 Å². The van der Waals surface area contributed by atoms with Crippen molar-refractivity contribution in [2.75, 3.05) is 0 Å². The number of aromatic nitrogens is 2. The maximum Gasteiger partial charge on any atom is 0.354 e. The fourth-order valence-corrected chi connectivity index (χ4v) is 2.54. The number of carbonyl (C=O) groups is 2. The molecule has 102 valence electrons. The number of hydrogen-bond acceptors (Lipinski definition) is 3. The Morgan fingerprint density at radius 1 is 1.25 bits per heavy atom. The summed E-state index contributed by atoms with van der Waals surface area (Å²) in [5, 5.41) is 11.8. The third kappa shape index (κ3) is 2.16. The van der Waals surface area contributed by atoms with Crippen LogP contribution in [-0.4, -0.2) is 33.0 Å². The average Bonchev–Trinajstić information content (AvgIpc) is 3.04. The first-order valence-corrected chi connectivity index (χ1v) is 6.29. The number of fused-ring (bicyclic) bond motifs is 1. The van der Waals surface area contributed by atoms with Gasteiger partial charge in [0.15, 0.2) is 11.4 Å². The number of benzene rings is 1. The van der Waals surface area contributed by atoms with Gasteiger partial charge in [-0.05, 0) is 24.0 Å². The van der Waals surface area contributed by atoms with Gasteiger partial charge in [-0.1, -0.05) is 24.3 Å². The minimum absolute atomic E-state index is 0.0155. The van der Waals surface area contributed by atoms with Crippen LogP contribution < -0.4 is 5.32 Å². The molecular formula is C14H13N3O3. The number of H-pyrrole nitrogens is 1. The van der Waals surface area contributed by atoms with Crippen LogP contribution >= 0.6 is 0 Å². The number of carbonyl (C=O) groups excluding carboxylic acids is 1. The van der Waals surface area contributed by atoms with Crippen molar-refractivity contribution in [2.24, 2.45) is 0 Å². The summed E-state index contributed by atoms with van der Waals surface area (Å²) < 4.78 is 0. The Balaban J connectivity index is 1.72. The molecule has 3 N–H and O–H groups in total. The number of carboxylic acid groups (broad SMARTS) is 1. The Morgan fingerprint density at radius 3 is 2.50 bits per heavy atom. The quantitative estimate of drug-likeness (QED) is 0.776. The molecule has 0 saturated heterocycles. The number of carboxylic acids is 1. The lowest BCUT2D eigenvalue weighted by atomic mass is 10.1. The molecule has 1 amide bonds. The highest BCUT2D eigenvalue weighted by Gasteiger charge is 2.26. The molecule has 1 aromatic carbocycles. The van der Waals surface area contributed by atoms with Crippen molar-refractivity contribution >= 4 is 11.9 Å². The highest BCUT2D eigenvalue weighted by molar-refractivity contribution is 6.02. The molecule has 1 aromatic heterocycles. The van der Waals surface area contributed by atoms with Crippen molar-refractivity contribution in [1.82, 2.24) is 15.3 Å². The van der Waals surface area contributed by atoms with Gasteiger partial charge in [0.1, 0.15) is 0 Å². The van der Waals surface area contributed by atoms with Crippen molar-refractivity contribution in [3.63, 3.8) is 0 Å². The number of aromatic carboxylic acids is 1. The molecule has 1 heterocycles. The van der Waals surface area contributed by atoms with Gasteiger partial charge in [-0.2, -0.15) is 0 Å². The van der Waals surface area contributed by atoms with E-state index in [0.29, 0.717) is 0 Å². The Bertz CT molecular complexity index is 653. The molecule has 0 radical (unpaired) electrons. The highest BCUT2D eigenvalue weighted by atomic mass is 16.4. The molecule has 0 fully saturated rings. The van der Waals surface area contributed by atoms with Crippen molar-refractivity contribution in [1.29, 1.82) is 0 Å². The van der Waals surface area contributed by atoms with E-state index >= 15 is 0 Å². The first-order valence-electron chi connectivity index (χ1n) is 6.29. The number of aromatic amines is 1. The SMILES string of the molecule is O=C(NC1Cc2ccccc2C1)c1nc[nH]c1C(=O)O. The molecule has 1 aliphatic rings. The predicted molar refractivity (Wildman–Crippen MR) is 70.7 cm³/mol. The summed E-state index contributed by atoms with van der Waals surface area (Å²) >= 11 is 0. The topological polar surface area (TPSA) is 95.1 Å². The fourth-order valence-electron chi connectivity index (χ4n) is 2.54. The summed E-state index contributed by atoms with van der Waals surface area (Å²) in [6.07, 6.45) is 2.73. The first kappa shape index (κ1) is 12.4. The van der Waals surface area contributed by atoms with Gasteiger partial charge >= 0.3 is 5.97 Å². The van der Waals surface area contributed by atoms with E-state index in [1.54, 1.807) is 0 Å². The normalized spacial score (nSPS) is 14.0. The Morgan fingerprint density at radius 2 is 1.90 bits per heavy atom. The zero-order chi connectivity index (χ0) is 14.1. The van der Waals surface area contributed by atoms with Crippen LogP contribution in [0.4, 0.5) is 0 Å². The van der Waals surface area contributed by atoms with E-state index in [-0.39, 0.29) is 17.4 Å². The van der Waals surface area contributed by atoms with Crippen molar-refractivity contribution in [2.45, 2.75) is 18.9 Å². The second-order valence-corrected chi connectivity index (χ2v) is 4.78. The molecule has 20 heavy (non-hydrogen) atoms. The summed E-state index contributed by atoms with van der Waals surface area (Å²) in [5.74, 6) is -1.65. The van der Waals surface area contributed by atoms with Gasteiger partial charge in [-0.25, -0.2) is 9.78 Å². The number of hydrogen-bond donors (Lipinski definition) is 3. The van der Waals surface area contributed by atoms with Gasteiger partial charge in [0, 0.05) is 6.04 Å². The Hall–Kier alpha value is -2.63. The second kappa shape index (κ2) is 4.80. The van der Waals surface area contributed by atoms with Gasteiger partial charge in [0.2, 0.25) is 0 Å². The van der Waals surface area contributed by atoms with E-state index in [0.717, 1.165) is 12.8 Å². The smallest absolute Gasteiger partial charge is 0.354 e. The molecular weight excluding hydrogens is 258 g/mol. The van der Waals surface area contributed by atoms with E-state index < -0.39 is 11.9 Å². The lowest BCUT2D eigenvalue weighted by Crippen LogP contribution is -2.36. The third-order valence-corrected chi connectivity index (χ3v) is 3.45. The second-order valence-electron chi connectivity index (χ2n) is 4.78. The van der Waals surface area contributed by atoms with Crippen LogP contribution in [0.5, 0.6) is 0 Å². The van der Waals surface area contributed by atoms with E-state index in [9.17, 15) is 9.59 Å². The predicted octanol–water partition coefficient (Wildman–Crippen LogP) is 1.01. The van der Waals surface area contributed by atoms with Gasteiger partial charge in [0.25, 0.3) is 5.91 Å². The molecule has 0 aliphatic heterocycles. The standard InChI is InChI=1S/C14H13N3O3/c18-13(11-12(14(19)20)16-7-15-11)17-10-5-8-3-1-2-4-9(8)6-10/h1-4,7,10H,5-6H2,(H,15,16)(H,17,18)(H,19,20). The number of rotatable bonds is 3. The van der Waals surface area contributed by atoms with Crippen molar-refractivity contribution in [3.8, 4) is 0 Å². The molecule has 0 bridgehead atoms. The fraction of sp³-hybridized carbons (Fsp3) is 0.214. The van der Waals surface area contributed by atoms with Crippen molar-refractivity contribution < 1.29 is 14.7 Å². The molecule has 2 aromatic rings. The number of nitrogens with zero attached hydrogens (tertiary/aromatic N) is 1. The average molecular weight is 271 g/mol. The zero-order valence-electron chi connectivity index (χ0n) is 10.6. The monoisotopic (exact) mass is 271 g/mol. The molecule has 0 saturated carbocycles. The molecule has 1 aliphatic carbocycles. The summed E-state index contributed by atoms with van der Waals surface area (Å²) in [7, 11) is 0. The number of amides is 1. The highest BCUT2D eigenvalue weighted by Crippen LogP contribution is 2.21. The molecule has 6 heteroatoms. The van der Waals surface area contributed by atoms with Gasteiger partial charge < -0.3 is 15.4 Å².